The van der Waals surface area contributed by atoms with Crippen LogP contribution in [-0.2, 0) is 9.53 Å². The van der Waals surface area contributed by atoms with Crippen LogP contribution >= 0.6 is 0 Å². The Morgan fingerprint density at radius 2 is 0.917 bits per heavy atom. The summed E-state index contributed by atoms with van der Waals surface area (Å²) < 4.78 is 4.64. The van der Waals surface area contributed by atoms with Gasteiger partial charge in [0.25, 0.3) is 0 Å². The van der Waals surface area contributed by atoms with Gasteiger partial charge in [0.15, 0.2) is 0 Å². The van der Waals surface area contributed by atoms with Gasteiger partial charge in [-0.15, -0.1) is 0 Å². The molecule has 0 saturated carbocycles. The number of hydrogen-bond donors (Lipinski definition) is 0. The third-order valence-electron chi connectivity index (χ3n) is 4.71. The quantitative estimate of drug-likeness (QED) is 0.209. The van der Waals surface area contributed by atoms with Gasteiger partial charge in [-0.1, -0.05) is 110 Å². The molecule has 0 aromatic rings. The van der Waals surface area contributed by atoms with Crippen LogP contribution in [0, 0.1) is 0 Å². The number of ether oxygens (including phenoxy) is 1. The average molecular weight is 351 g/mol. The van der Waals surface area contributed by atoms with Crippen molar-refractivity contribution in [3.8, 4) is 0 Å². The molecular weight excluding hydrogens is 307 g/mol. The topological polar surface area (TPSA) is 26.3 Å². The van der Waals surface area contributed by atoms with Gasteiger partial charge >= 0.3 is 35.5 Å². The summed E-state index contributed by atoms with van der Waals surface area (Å²) >= 11 is 0. The Labute approximate surface area is 175 Å². The summed E-state index contributed by atoms with van der Waals surface area (Å²) in [7, 11) is 1.47. The van der Waals surface area contributed by atoms with Gasteiger partial charge in [0, 0.05) is 6.42 Å². The molecule has 0 rings (SSSR count). The SMILES string of the molecule is CCCCCCCCCCCCCCCCCCCC(=O)OC.[H-].[Na+]. The molecule has 2 nitrogen and oxygen atoms in total. The van der Waals surface area contributed by atoms with Crippen molar-refractivity contribution >= 4 is 5.97 Å². The van der Waals surface area contributed by atoms with Crippen LogP contribution in [0.1, 0.15) is 124 Å². The maximum absolute atomic E-state index is 10.9. The molecule has 0 amide bonds. The van der Waals surface area contributed by atoms with Gasteiger partial charge in [-0.2, -0.15) is 0 Å². The molecule has 0 aromatic heterocycles. The molecule has 0 atom stereocenters. The summed E-state index contributed by atoms with van der Waals surface area (Å²) in [5.74, 6) is -0.0639. The number of methoxy groups -OCH3 is 1. The van der Waals surface area contributed by atoms with Crippen molar-refractivity contribution in [2.24, 2.45) is 0 Å². The minimum Gasteiger partial charge on any atom is -1.00 e. The van der Waals surface area contributed by atoms with Gasteiger partial charge in [-0.05, 0) is 6.42 Å². The molecule has 0 aliphatic rings. The molecule has 0 spiro atoms. The van der Waals surface area contributed by atoms with Crippen molar-refractivity contribution in [3.63, 3.8) is 0 Å². The van der Waals surface area contributed by atoms with Crippen molar-refractivity contribution in [3.05, 3.63) is 0 Å². The van der Waals surface area contributed by atoms with Crippen molar-refractivity contribution < 1.29 is 40.5 Å². The van der Waals surface area contributed by atoms with Crippen LogP contribution in [0.5, 0.6) is 0 Å². The van der Waals surface area contributed by atoms with Gasteiger partial charge in [0.1, 0.15) is 0 Å². The minimum absolute atomic E-state index is 0. The number of carbonyl (C=O) groups excluding carboxylic acids is 1. The van der Waals surface area contributed by atoms with Crippen LogP contribution < -0.4 is 29.6 Å². The van der Waals surface area contributed by atoms with Crippen LogP contribution in [0.2, 0.25) is 0 Å². The van der Waals surface area contributed by atoms with E-state index in [0.717, 1.165) is 6.42 Å². The van der Waals surface area contributed by atoms with Gasteiger partial charge in [-0.25, -0.2) is 0 Å². The van der Waals surface area contributed by atoms with Crippen LogP contribution in [-0.4, -0.2) is 13.1 Å². The largest absolute Gasteiger partial charge is 1.00 e. The fraction of sp³-hybridized carbons (Fsp3) is 0.952. The summed E-state index contributed by atoms with van der Waals surface area (Å²) in [4.78, 5) is 10.9. The normalized spacial score (nSPS) is 10.4. The predicted molar refractivity (Wildman–Crippen MR) is 102 cm³/mol. The second-order valence-electron chi connectivity index (χ2n) is 6.98. The molecule has 0 heterocycles. The maximum atomic E-state index is 10.9. The number of carbonyl (C=O) groups is 1. The molecule has 0 aromatic carbocycles. The van der Waals surface area contributed by atoms with E-state index in [0.29, 0.717) is 6.42 Å². The molecule has 0 saturated heterocycles. The zero-order chi connectivity index (χ0) is 17.0. The van der Waals surface area contributed by atoms with E-state index < -0.39 is 0 Å². The Bertz CT molecular complexity index is 250. The number of unbranched alkanes of at least 4 members (excludes halogenated alkanes) is 16. The van der Waals surface area contributed by atoms with E-state index in [-0.39, 0.29) is 37.0 Å². The Kier molecular flexibility index (Phi) is 26.1. The zero-order valence-electron chi connectivity index (χ0n) is 18.0. The molecule has 0 bridgehead atoms. The monoisotopic (exact) mass is 350 g/mol. The van der Waals surface area contributed by atoms with Gasteiger partial charge in [0.05, 0.1) is 7.11 Å². The standard InChI is InChI=1S/C21H42O2.Na.H/c1-3-4-5-6-7-8-9-10-11-12-13-14-15-16-17-18-19-20-21(22)23-2;;/h3-20H2,1-2H3;;/q;+1;-1. The third-order valence-corrected chi connectivity index (χ3v) is 4.71. The summed E-state index contributed by atoms with van der Waals surface area (Å²) in [5, 5.41) is 0. The second kappa shape index (κ2) is 23.5. The van der Waals surface area contributed by atoms with Crippen LogP contribution in [0.3, 0.4) is 0 Å². The van der Waals surface area contributed by atoms with Crippen molar-refractivity contribution in [1.29, 1.82) is 0 Å². The summed E-state index contributed by atoms with van der Waals surface area (Å²) in [5.41, 5.74) is 0. The molecule has 0 aliphatic heterocycles. The number of esters is 1. The predicted octanol–water partition coefficient (Wildman–Crippen LogP) is 4.32. The van der Waals surface area contributed by atoms with Crippen molar-refractivity contribution in [1.82, 2.24) is 0 Å². The molecular formula is C21H43NaO2. The first-order valence-electron chi connectivity index (χ1n) is 10.4. The first kappa shape index (κ1) is 26.7. The maximum Gasteiger partial charge on any atom is 1.00 e. The molecule has 0 N–H and O–H groups in total. The van der Waals surface area contributed by atoms with E-state index in [1.807, 2.05) is 0 Å². The Morgan fingerprint density at radius 1 is 0.625 bits per heavy atom. The zero-order valence-corrected chi connectivity index (χ0v) is 19.0. The van der Waals surface area contributed by atoms with Gasteiger partial charge in [-0.3, -0.25) is 4.79 Å². The first-order valence-corrected chi connectivity index (χ1v) is 10.4. The van der Waals surface area contributed by atoms with E-state index in [4.69, 9.17) is 0 Å². The average Bonchev–Trinajstić information content (AvgIpc) is 2.57. The van der Waals surface area contributed by atoms with Crippen LogP contribution in [0.15, 0.2) is 0 Å². The van der Waals surface area contributed by atoms with Crippen molar-refractivity contribution in [2.75, 3.05) is 7.11 Å². The van der Waals surface area contributed by atoms with Crippen molar-refractivity contribution in [2.45, 2.75) is 122 Å². The Morgan fingerprint density at radius 3 is 1.21 bits per heavy atom. The van der Waals surface area contributed by atoms with Gasteiger partial charge in [0.2, 0.25) is 0 Å². The Hall–Kier alpha value is 0.470. The summed E-state index contributed by atoms with van der Waals surface area (Å²) in [6, 6.07) is 0. The molecule has 0 aliphatic carbocycles. The number of hydrogen-bond acceptors (Lipinski definition) is 2. The minimum atomic E-state index is -0.0639. The summed E-state index contributed by atoms with van der Waals surface area (Å²) in [6.45, 7) is 2.28. The third kappa shape index (κ3) is 22.5. The van der Waals surface area contributed by atoms with Gasteiger partial charge < -0.3 is 6.16 Å². The summed E-state index contributed by atoms with van der Waals surface area (Å²) in [6.07, 6.45) is 23.9. The van der Waals surface area contributed by atoms with E-state index in [9.17, 15) is 4.79 Å². The molecule has 24 heavy (non-hydrogen) atoms. The van der Waals surface area contributed by atoms with Crippen LogP contribution in [0.25, 0.3) is 0 Å². The van der Waals surface area contributed by atoms with E-state index >= 15 is 0 Å². The fourth-order valence-electron chi connectivity index (χ4n) is 3.10. The second-order valence-corrected chi connectivity index (χ2v) is 6.98. The molecule has 140 valence electrons. The number of rotatable bonds is 18. The van der Waals surface area contributed by atoms with E-state index in [2.05, 4.69) is 11.7 Å². The Balaban J connectivity index is -0.00000242. The fourth-order valence-corrected chi connectivity index (χ4v) is 3.10. The molecule has 0 radical (unpaired) electrons. The first-order chi connectivity index (χ1) is 11.3. The molecule has 0 fully saturated rings. The van der Waals surface area contributed by atoms with E-state index in [1.165, 1.54) is 110 Å². The molecule has 0 unspecified atom stereocenters. The smallest absolute Gasteiger partial charge is 1.00 e. The van der Waals surface area contributed by atoms with Crippen LogP contribution in [0.4, 0.5) is 0 Å². The van der Waals surface area contributed by atoms with E-state index in [1.54, 1.807) is 0 Å². The molecule has 3 heteroatoms.